The molecule has 1 N–H and O–H groups in total. The topological polar surface area (TPSA) is 23.5 Å². The van der Waals surface area contributed by atoms with Crippen LogP contribution in [0, 0.1) is 0 Å². The van der Waals surface area contributed by atoms with E-state index in [1.54, 1.807) is 0 Å². The summed E-state index contributed by atoms with van der Waals surface area (Å²) in [6, 6.07) is 8.53. The lowest BCUT2D eigenvalue weighted by atomic mass is 10.0. The minimum absolute atomic E-state index is 0.270. The van der Waals surface area contributed by atoms with Crippen molar-refractivity contribution in [3.05, 3.63) is 34.9 Å². The average Bonchev–Trinajstić information content (AvgIpc) is 2.75. The van der Waals surface area contributed by atoms with E-state index in [0.717, 1.165) is 24.5 Å². The Balaban J connectivity index is 2.10. The minimum Gasteiger partial charge on any atom is -0.396 e. The molecule has 1 heterocycles. The van der Waals surface area contributed by atoms with Gasteiger partial charge in [-0.25, -0.2) is 0 Å². The summed E-state index contributed by atoms with van der Waals surface area (Å²) in [6.07, 6.45) is 3.25. The van der Waals surface area contributed by atoms with Crippen molar-refractivity contribution in [3.63, 3.8) is 0 Å². The Labute approximate surface area is 102 Å². The Morgan fingerprint density at radius 1 is 1.38 bits per heavy atom. The highest BCUT2D eigenvalue weighted by molar-refractivity contribution is 6.31. The molecule has 2 nitrogen and oxygen atoms in total. The smallest absolute Gasteiger partial charge is 0.0453 e. The van der Waals surface area contributed by atoms with Gasteiger partial charge in [0.25, 0.3) is 0 Å². The minimum atomic E-state index is 0.270. The van der Waals surface area contributed by atoms with Gasteiger partial charge in [-0.2, -0.15) is 0 Å². The normalized spacial score (nSPS) is 21.5. The molecule has 1 aliphatic rings. The number of likely N-dealkylation sites (tertiary alicyclic amines) is 1. The molecule has 1 aromatic carbocycles. The molecule has 2 rings (SSSR count). The average molecular weight is 240 g/mol. The highest BCUT2D eigenvalue weighted by atomic mass is 35.5. The molecular formula is C13H18ClNO. The fourth-order valence-corrected chi connectivity index (χ4v) is 2.73. The Morgan fingerprint density at radius 3 is 2.94 bits per heavy atom. The van der Waals surface area contributed by atoms with Crippen molar-refractivity contribution in [3.8, 4) is 0 Å². The van der Waals surface area contributed by atoms with Crippen molar-refractivity contribution < 1.29 is 5.11 Å². The van der Waals surface area contributed by atoms with E-state index in [2.05, 4.69) is 11.0 Å². The third-order valence-corrected chi connectivity index (χ3v) is 3.58. The molecule has 0 aromatic heterocycles. The Bertz CT molecular complexity index is 342. The summed E-state index contributed by atoms with van der Waals surface area (Å²) in [5, 5.41) is 9.75. The van der Waals surface area contributed by atoms with Gasteiger partial charge in [0, 0.05) is 24.2 Å². The zero-order valence-electron chi connectivity index (χ0n) is 9.40. The maximum Gasteiger partial charge on any atom is 0.0453 e. The van der Waals surface area contributed by atoms with Crippen LogP contribution in [0.15, 0.2) is 24.3 Å². The molecular weight excluding hydrogens is 222 g/mol. The molecule has 1 aromatic rings. The monoisotopic (exact) mass is 239 g/mol. The molecule has 1 saturated heterocycles. The van der Waals surface area contributed by atoms with Gasteiger partial charge in [0.05, 0.1) is 0 Å². The molecule has 0 aliphatic carbocycles. The fraction of sp³-hybridized carbons (Fsp3) is 0.538. The summed E-state index contributed by atoms with van der Waals surface area (Å²) >= 11 is 6.23. The van der Waals surface area contributed by atoms with Crippen LogP contribution < -0.4 is 0 Å². The van der Waals surface area contributed by atoms with Crippen LogP contribution in [0.2, 0.25) is 5.02 Å². The highest BCUT2D eigenvalue weighted by Gasteiger charge is 2.26. The van der Waals surface area contributed by atoms with Gasteiger partial charge >= 0.3 is 0 Å². The van der Waals surface area contributed by atoms with Gasteiger partial charge in [-0.05, 0) is 37.4 Å². The Kier molecular flexibility index (Phi) is 4.22. The van der Waals surface area contributed by atoms with Gasteiger partial charge in [-0.3, -0.25) is 4.90 Å². The third kappa shape index (κ3) is 2.57. The molecule has 0 bridgehead atoms. The summed E-state index contributed by atoms with van der Waals surface area (Å²) in [5.74, 6) is 0. The first kappa shape index (κ1) is 11.9. The van der Waals surface area contributed by atoms with Crippen molar-refractivity contribution in [2.24, 2.45) is 0 Å². The second-order valence-electron chi connectivity index (χ2n) is 4.29. The highest BCUT2D eigenvalue weighted by Crippen LogP contribution is 2.35. The molecule has 1 fully saturated rings. The maximum atomic E-state index is 8.89. The van der Waals surface area contributed by atoms with Crippen LogP contribution in [0.25, 0.3) is 0 Å². The second kappa shape index (κ2) is 5.67. The van der Waals surface area contributed by atoms with Crippen molar-refractivity contribution >= 4 is 11.6 Å². The van der Waals surface area contributed by atoms with E-state index in [4.69, 9.17) is 16.7 Å². The number of nitrogens with zero attached hydrogens (tertiary/aromatic N) is 1. The van der Waals surface area contributed by atoms with Crippen LogP contribution in [0.4, 0.5) is 0 Å². The van der Waals surface area contributed by atoms with Crippen molar-refractivity contribution in [2.45, 2.75) is 25.3 Å². The number of aliphatic hydroxyl groups excluding tert-OH is 1. The van der Waals surface area contributed by atoms with E-state index in [1.807, 2.05) is 18.2 Å². The Morgan fingerprint density at radius 2 is 2.19 bits per heavy atom. The lowest BCUT2D eigenvalue weighted by Gasteiger charge is -2.25. The molecule has 0 unspecified atom stereocenters. The number of benzene rings is 1. The van der Waals surface area contributed by atoms with Crippen LogP contribution >= 0.6 is 11.6 Å². The first-order valence-corrected chi connectivity index (χ1v) is 6.30. The number of aliphatic hydroxyl groups is 1. The van der Waals surface area contributed by atoms with Crippen LogP contribution in [0.5, 0.6) is 0 Å². The number of hydrogen-bond donors (Lipinski definition) is 1. The number of rotatable bonds is 4. The lowest BCUT2D eigenvalue weighted by molar-refractivity contribution is 0.214. The molecule has 0 saturated carbocycles. The van der Waals surface area contributed by atoms with Gasteiger partial charge in [0.1, 0.15) is 0 Å². The van der Waals surface area contributed by atoms with Gasteiger partial charge in [0.15, 0.2) is 0 Å². The summed E-state index contributed by atoms with van der Waals surface area (Å²) in [4.78, 5) is 2.43. The second-order valence-corrected chi connectivity index (χ2v) is 4.70. The van der Waals surface area contributed by atoms with Crippen LogP contribution in [0.3, 0.4) is 0 Å². The molecule has 16 heavy (non-hydrogen) atoms. The zero-order valence-corrected chi connectivity index (χ0v) is 10.2. The number of halogens is 1. The quantitative estimate of drug-likeness (QED) is 0.874. The number of hydrogen-bond acceptors (Lipinski definition) is 2. The summed E-state index contributed by atoms with van der Waals surface area (Å²) < 4.78 is 0. The third-order valence-electron chi connectivity index (χ3n) is 3.23. The molecule has 0 amide bonds. The summed E-state index contributed by atoms with van der Waals surface area (Å²) in [6.45, 7) is 2.36. The predicted molar refractivity (Wildman–Crippen MR) is 66.7 cm³/mol. The SMILES string of the molecule is OCCCN1CCC[C@@H]1c1ccccc1Cl. The molecule has 0 radical (unpaired) electrons. The zero-order chi connectivity index (χ0) is 11.4. The van der Waals surface area contributed by atoms with Crippen LogP contribution in [-0.4, -0.2) is 29.7 Å². The molecule has 1 atom stereocenters. The summed E-state index contributed by atoms with van der Waals surface area (Å²) in [7, 11) is 0. The van der Waals surface area contributed by atoms with Gasteiger partial charge in [0.2, 0.25) is 0 Å². The largest absolute Gasteiger partial charge is 0.396 e. The first-order chi connectivity index (χ1) is 7.83. The van der Waals surface area contributed by atoms with Gasteiger partial charge in [-0.15, -0.1) is 0 Å². The predicted octanol–water partition coefficient (Wildman–Crippen LogP) is 2.86. The summed E-state index contributed by atoms with van der Waals surface area (Å²) in [5.41, 5.74) is 1.24. The van der Waals surface area contributed by atoms with E-state index in [1.165, 1.54) is 18.4 Å². The van der Waals surface area contributed by atoms with Crippen molar-refractivity contribution in [2.75, 3.05) is 19.7 Å². The van der Waals surface area contributed by atoms with E-state index in [-0.39, 0.29) is 6.61 Å². The first-order valence-electron chi connectivity index (χ1n) is 5.92. The molecule has 88 valence electrons. The van der Waals surface area contributed by atoms with E-state index in [0.29, 0.717) is 6.04 Å². The fourth-order valence-electron chi connectivity index (χ4n) is 2.47. The van der Waals surface area contributed by atoms with Crippen LogP contribution in [0.1, 0.15) is 30.9 Å². The van der Waals surface area contributed by atoms with E-state index in [9.17, 15) is 0 Å². The molecule has 3 heteroatoms. The van der Waals surface area contributed by atoms with Gasteiger partial charge in [-0.1, -0.05) is 29.8 Å². The van der Waals surface area contributed by atoms with E-state index < -0.39 is 0 Å². The maximum absolute atomic E-state index is 8.89. The van der Waals surface area contributed by atoms with Crippen LogP contribution in [-0.2, 0) is 0 Å². The Hall–Kier alpha value is -0.570. The standard InChI is InChI=1S/C13H18ClNO/c14-12-6-2-1-5-11(12)13-7-3-8-15(13)9-4-10-16/h1-2,5-6,13,16H,3-4,7-10H2/t13-/m1/s1. The van der Waals surface area contributed by atoms with Crippen molar-refractivity contribution in [1.29, 1.82) is 0 Å². The van der Waals surface area contributed by atoms with Gasteiger partial charge < -0.3 is 5.11 Å². The molecule has 1 aliphatic heterocycles. The van der Waals surface area contributed by atoms with Crippen molar-refractivity contribution in [1.82, 2.24) is 4.90 Å². The van der Waals surface area contributed by atoms with E-state index >= 15 is 0 Å². The molecule has 0 spiro atoms. The lowest BCUT2D eigenvalue weighted by Crippen LogP contribution is -2.25.